The van der Waals surface area contributed by atoms with E-state index in [1.54, 1.807) is 58.0 Å². The van der Waals surface area contributed by atoms with Gasteiger partial charge in [0.05, 0.1) is 10.6 Å². The van der Waals surface area contributed by atoms with E-state index in [0.717, 1.165) is 31.5 Å². The third-order valence-corrected chi connectivity index (χ3v) is 5.44. The Morgan fingerprint density at radius 2 is 1.71 bits per heavy atom. The fraction of sp³-hybridized carbons (Fsp3) is 0.417. The van der Waals surface area contributed by atoms with E-state index in [9.17, 15) is 9.59 Å². The second-order valence-electron chi connectivity index (χ2n) is 8.63. The molecule has 0 aromatic heterocycles. The zero-order valence-corrected chi connectivity index (χ0v) is 19.7. The third-order valence-electron chi connectivity index (χ3n) is 4.89. The summed E-state index contributed by atoms with van der Waals surface area (Å²) in [7, 11) is 0. The molecule has 2 aromatic rings. The summed E-state index contributed by atoms with van der Waals surface area (Å²) in [5, 5.41) is 0.876. The SMILES string of the molecule is C[C@H](Oc1ccc(Cl)cc1-c1ccc(C(=O)N2CCCC2)c(Cl)c1)C(=O)OC(C)(C)C. The minimum absolute atomic E-state index is 0.0600. The lowest BCUT2D eigenvalue weighted by Gasteiger charge is -2.23. The highest BCUT2D eigenvalue weighted by Gasteiger charge is 2.25. The van der Waals surface area contributed by atoms with Crippen molar-refractivity contribution in [1.29, 1.82) is 0 Å². The summed E-state index contributed by atoms with van der Waals surface area (Å²) in [6.45, 7) is 8.56. The van der Waals surface area contributed by atoms with Crippen LogP contribution in [-0.4, -0.2) is 41.6 Å². The Morgan fingerprint density at radius 3 is 2.32 bits per heavy atom. The van der Waals surface area contributed by atoms with Gasteiger partial charge in [-0.1, -0.05) is 29.3 Å². The summed E-state index contributed by atoms with van der Waals surface area (Å²) in [6.07, 6.45) is 1.21. The molecule has 1 fully saturated rings. The molecule has 3 rings (SSSR count). The van der Waals surface area contributed by atoms with Crippen molar-refractivity contribution in [3.05, 3.63) is 52.0 Å². The number of hydrogen-bond acceptors (Lipinski definition) is 4. The van der Waals surface area contributed by atoms with E-state index in [2.05, 4.69) is 0 Å². The lowest BCUT2D eigenvalue weighted by atomic mass is 10.0. The topological polar surface area (TPSA) is 55.8 Å². The first-order chi connectivity index (χ1) is 14.5. The largest absolute Gasteiger partial charge is 0.478 e. The van der Waals surface area contributed by atoms with E-state index in [4.69, 9.17) is 32.7 Å². The number of hydrogen-bond donors (Lipinski definition) is 0. The van der Waals surface area contributed by atoms with Crippen LogP contribution in [0.2, 0.25) is 10.0 Å². The fourth-order valence-electron chi connectivity index (χ4n) is 3.40. The average molecular weight is 464 g/mol. The Bertz CT molecular complexity index is 978. The molecule has 0 spiro atoms. The fourth-order valence-corrected chi connectivity index (χ4v) is 3.83. The number of esters is 1. The molecule has 1 atom stereocenters. The van der Waals surface area contributed by atoms with Crippen LogP contribution in [0.15, 0.2) is 36.4 Å². The number of likely N-dealkylation sites (tertiary alicyclic amines) is 1. The molecule has 1 heterocycles. The van der Waals surface area contributed by atoms with Crippen LogP contribution in [0, 0.1) is 0 Å². The molecule has 0 bridgehead atoms. The van der Waals surface area contributed by atoms with Crippen LogP contribution in [0.25, 0.3) is 11.1 Å². The van der Waals surface area contributed by atoms with Gasteiger partial charge in [-0.3, -0.25) is 4.79 Å². The van der Waals surface area contributed by atoms with Gasteiger partial charge in [0.25, 0.3) is 5.91 Å². The lowest BCUT2D eigenvalue weighted by molar-refractivity contribution is -0.162. The number of halogens is 2. The molecule has 166 valence electrons. The quantitative estimate of drug-likeness (QED) is 0.509. The maximum atomic E-state index is 12.7. The maximum Gasteiger partial charge on any atom is 0.347 e. The van der Waals surface area contributed by atoms with Gasteiger partial charge >= 0.3 is 5.97 Å². The van der Waals surface area contributed by atoms with Gasteiger partial charge in [0.2, 0.25) is 0 Å². The monoisotopic (exact) mass is 463 g/mol. The van der Waals surface area contributed by atoms with Gasteiger partial charge < -0.3 is 14.4 Å². The Morgan fingerprint density at radius 1 is 1.03 bits per heavy atom. The minimum Gasteiger partial charge on any atom is -0.478 e. The first-order valence-corrected chi connectivity index (χ1v) is 11.1. The highest BCUT2D eigenvalue weighted by atomic mass is 35.5. The molecule has 1 amide bonds. The van der Waals surface area contributed by atoms with Crippen LogP contribution < -0.4 is 4.74 Å². The Balaban J connectivity index is 1.87. The second kappa shape index (κ2) is 9.49. The predicted molar refractivity (Wildman–Crippen MR) is 123 cm³/mol. The standard InChI is InChI=1S/C24H27Cl2NO4/c1-15(23(29)31-24(2,3)4)30-21-10-8-17(25)14-19(21)16-7-9-18(20(26)13-16)22(28)27-11-5-6-12-27/h7-10,13-15H,5-6,11-12H2,1-4H3/t15-/m0/s1. The summed E-state index contributed by atoms with van der Waals surface area (Å²) < 4.78 is 11.3. The van der Waals surface area contributed by atoms with Gasteiger partial charge in [-0.25, -0.2) is 4.79 Å². The van der Waals surface area contributed by atoms with Gasteiger partial charge in [-0.05, 0) is 76.4 Å². The molecular weight excluding hydrogens is 437 g/mol. The minimum atomic E-state index is -0.814. The predicted octanol–water partition coefficient (Wildman–Crippen LogP) is 6.01. The third kappa shape index (κ3) is 5.92. The van der Waals surface area contributed by atoms with E-state index in [1.165, 1.54) is 0 Å². The molecule has 1 aliphatic heterocycles. The summed E-state index contributed by atoms with van der Waals surface area (Å²) in [5.41, 5.74) is 1.27. The van der Waals surface area contributed by atoms with Crippen LogP contribution in [0.3, 0.4) is 0 Å². The van der Waals surface area contributed by atoms with Gasteiger partial charge in [0.15, 0.2) is 6.10 Å². The molecular formula is C24H27Cl2NO4. The van der Waals surface area contributed by atoms with Crippen molar-refractivity contribution < 1.29 is 19.1 Å². The molecule has 0 unspecified atom stereocenters. The van der Waals surface area contributed by atoms with E-state index in [0.29, 0.717) is 26.9 Å². The molecule has 0 N–H and O–H groups in total. The number of benzene rings is 2. The van der Waals surface area contributed by atoms with Crippen molar-refractivity contribution in [2.45, 2.75) is 52.2 Å². The van der Waals surface area contributed by atoms with E-state index < -0.39 is 17.7 Å². The van der Waals surface area contributed by atoms with E-state index in [-0.39, 0.29) is 5.91 Å². The zero-order valence-electron chi connectivity index (χ0n) is 18.2. The van der Waals surface area contributed by atoms with Crippen LogP contribution in [0.4, 0.5) is 0 Å². The highest BCUT2D eigenvalue weighted by Crippen LogP contribution is 2.36. The number of nitrogens with zero attached hydrogens (tertiary/aromatic N) is 1. The summed E-state index contributed by atoms with van der Waals surface area (Å²) in [5.74, 6) is -0.0504. The molecule has 2 aromatic carbocycles. The van der Waals surface area contributed by atoms with Crippen molar-refractivity contribution >= 4 is 35.1 Å². The molecule has 5 nitrogen and oxygen atoms in total. The van der Waals surface area contributed by atoms with Crippen molar-refractivity contribution in [2.75, 3.05) is 13.1 Å². The van der Waals surface area contributed by atoms with Gasteiger partial charge in [-0.2, -0.15) is 0 Å². The average Bonchev–Trinajstić information content (AvgIpc) is 3.22. The highest BCUT2D eigenvalue weighted by molar-refractivity contribution is 6.34. The first kappa shape index (κ1) is 23.4. The Labute approximate surface area is 193 Å². The van der Waals surface area contributed by atoms with Crippen LogP contribution in [0.1, 0.15) is 50.9 Å². The maximum absolute atomic E-state index is 12.7. The second-order valence-corrected chi connectivity index (χ2v) is 9.47. The molecule has 0 saturated carbocycles. The Kier molecular flexibility index (Phi) is 7.17. The van der Waals surface area contributed by atoms with Crippen molar-refractivity contribution in [2.24, 2.45) is 0 Å². The number of rotatable bonds is 5. The van der Waals surface area contributed by atoms with Crippen molar-refractivity contribution in [1.82, 2.24) is 4.90 Å². The van der Waals surface area contributed by atoms with Gasteiger partial charge in [-0.15, -0.1) is 0 Å². The molecule has 0 aliphatic carbocycles. The summed E-state index contributed by atoms with van der Waals surface area (Å²) in [4.78, 5) is 26.9. The normalized spacial score (nSPS) is 15.0. The lowest BCUT2D eigenvalue weighted by Crippen LogP contribution is -2.33. The van der Waals surface area contributed by atoms with Crippen molar-refractivity contribution in [3.8, 4) is 16.9 Å². The first-order valence-electron chi connectivity index (χ1n) is 10.3. The summed E-state index contributed by atoms with van der Waals surface area (Å²) in [6, 6.07) is 10.4. The zero-order chi connectivity index (χ0) is 22.8. The van der Waals surface area contributed by atoms with Crippen molar-refractivity contribution in [3.63, 3.8) is 0 Å². The molecule has 0 radical (unpaired) electrons. The molecule has 1 saturated heterocycles. The molecule has 31 heavy (non-hydrogen) atoms. The van der Waals surface area contributed by atoms with Crippen LogP contribution >= 0.6 is 23.2 Å². The number of amides is 1. The van der Waals surface area contributed by atoms with Gasteiger partial charge in [0.1, 0.15) is 11.4 Å². The van der Waals surface area contributed by atoms with E-state index in [1.807, 2.05) is 11.0 Å². The van der Waals surface area contributed by atoms with Crippen LogP contribution in [-0.2, 0) is 9.53 Å². The number of carbonyl (C=O) groups excluding carboxylic acids is 2. The number of ether oxygens (including phenoxy) is 2. The smallest absolute Gasteiger partial charge is 0.347 e. The van der Waals surface area contributed by atoms with Gasteiger partial charge in [0, 0.05) is 23.7 Å². The summed E-state index contributed by atoms with van der Waals surface area (Å²) >= 11 is 12.7. The van der Waals surface area contributed by atoms with E-state index >= 15 is 0 Å². The number of carbonyl (C=O) groups is 2. The van der Waals surface area contributed by atoms with Crippen LogP contribution in [0.5, 0.6) is 5.75 Å². The molecule has 1 aliphatic rings. The molecule has 7 heteroatoms. The Hall–Kier alpha value is -2.24.